The van der Waals surface area contributed by atoms with Crippen molar-refractivity contribution in [2.75, 3.05) is 40.0 Å². The first-order valence-electron chi connectivity index (χ1n) is 9.39. The number of quaternary nitrogens is 1. The zero-order valence-corrected chi connectivity index (χ0v) is 17.1. The SMILES string of the molecule is COc1cccc(N=c2sc(C(C)=O)c(C)n2CCC[NH+]2CCOCC2)c1. The normalized spacial score (nSPS) is 15.9. The highest BCUT2D eigenvalue weighted by Crippen LogP contribution is 2.20. The van der Waals surface area contributed by atoms with Crippen molar-refractivity contribution in [2.24, 2.45) is 4.99 Å². The summed E-state index contributed by atoms with van der Waals surface area (Å²) < 4.78 is 12.9. The average Bonchev–Trinajstić information content (AvgIpc) is 2.99. The third kappa shape index (κ3) is 5.06. The summed E-state index contributed by atoms with van der Waals surface area (Å²) in [7, 11) is 1.65. The standard InChI is InChI=1S/C20H27N3O3S/c1-15-19(16(2)24)27-20(21-17-6-4-7-18(14-17)25-3)23(15)9-5-8-22-10-12-26-13-11-22/h4,6-7,14H,5,8-13H2,1-3H3/p+1. The molecule has 0 amide bonds. The second-order valence-corrected chi connectivity index (χ2v) is 7.76. The summed E-state index contributed by atoms with van der Waals surface area (Å²) in [6.45, 7) is 9.47. The number of morpholine rings is 1. The van der Waals surface area contributed by atoms with Gasteiger partial charge in [0.25, 0.3) is 0 Å². The summed E-state index contributed by atoms with van der Waals surface area (Å²) in [6, 6.07) is 7.69. The van der Waals surface area contributed by atoms with Gasteiger partial charge in [0.2, 0.25) is 0 Å². The number of methoxy groups -OCH3 is 1. The minimum atomic E-state index is 0.0946. The van der Waals surface area contributed by atoms with Crippen molar-refractivity contribution < 1.29 is 19.2 Å². The van der Waals surface area contributed by atoms with Gasteiger partial charge in [-0.1, -0.05) is 17.4 Å². The Morgan fingerprint density at radius 3 is 2.85 bits per heavy atom. The summed E-state index contributed by atoms with van der Waals surface area (Å²) in [5.41, 5.74) is 1.84. The molecule has 0 spiro atoms. The number of Topliss-reactive ketones (excluding diaryl/α,β-unsaturated/α-hetero) is 1. The lowest BCUT2D eigenvalue weighted by atomic mass is 10.3. The number of nitrogens with zero attached hydrogens (tertiary/aromatic N) is 2. The number of hydrogen-bond acceptors (Lipinski definition) is 5. The van der Waals surface area contributed by atoms with Crippen LogP contribution in [0.1, 0.15) is 28.7 Å². The molecule has 146 valence electrons. The summed E-state index contributed by atoms with van der Waals surface area (Å²) in [5, 5.41) is 0. The molecule has 1 saturated heterocycles. The molecule has 0 bridgehead atoms. The predicted octanol–water partition coefficient (Wildman–Crippen LogP) is 1.61. The highest BCUT2D eigenvalue weighted by atomic mass is 32.1. The van der Waals surface area contributed by atoms with E-state index in [2.05, 4.69) is 4.57 Å². The topological polar surface area (TPSA) is 57.3 Å². The van der Waals surface area contributed by atoms with Gasteiger partial charge in [-0.2, -0.15) is 0 Å². The van der Waals surface area contributed by atoms with Gasteiger partial charge in [-0.05, 0) is 19.1 Å². The molecule has 1 aliphatic heterocycles. The van der Waals surface area contributed by atoms with Crippen molar-refractivity contribution >= 4 is 22.8 Å². The van der Waals surface area contributed by atoms with Crippen LogP contribution in [0, 0.1) is 6.92 Å². The van der Waals surface area contributed by atoms with E-state index in [0.29, 0.717) is 0 Å². The fourth-order valence-corrected chi connectivity index (χ4v) is 4.42. The molecular formula is C20H28N3O3S+. The monoisotopic (exact) mass is 390 g/mol. The molecule has 0 unspecified atom stereocenters. The van der Waals surface area contributed by atoms with Crippen molar-refractivity contribution in [1.29, 1.82) is 0 Å². The van der Waals surface area contributed by atoms with Crippen LogP contribution in [0.3, 0.4) is 0 Å². The highest BCUT2D eigenvalue weighted by Gasteiger charge is 2.16. The van der Waals surface area contributed by atoms with Crippen LogP contribution in [0.15, 0.2) is 29.3 Å². The van der Waals surface area contributed by atoms with E-state index in [1.165, 1.54) is 11.3 Å². The molecule has 1 N–H and O–H groups in total. The van der Waals surface area contributed by atoms with Gasteiger partial charge in [-0.3, -0.25) is 4.79 Å². The maximum absolute atomic E-state index is 12.0. The van der Waals surface area contributed by atoms with Crippen molar-refractivity contribution in [1.82, 2.24) is 4.57 Å². The second-order valence-electron chi connectivity index (χ2n) is 6.79. The first-order valence-corrected chi connectivity index (χ1v) is 10.2. The molecule has 6 nitrogen and oxygen atoms in total. The zero-order valence-electron chi connectivity index (χ0n) is 16.3. The van der Waals surface area contributed by atoms with Gasteiger partial charge < -0.3 is 18.9 Å². The van der Waals surface area contributed by atoms with E-state index in [1.807, 2.05) is 31.2 Å². The van der Waals surface area contributed by atoms with E-state index in [1.54, 1.807) is 18.9 Å². The van der Waals surface area contributed by atoms with Gasteiger partial charge in [-0.15, -0.1) is 0 Å². The summed E-state index contributed by atoms with van der Waals surface area (Å²) in [4.78, 5) is 20.1. The number of thiazole rings is 1. The van der Waals surface area contributed by atoms with E-state index >= 15 is 0 Å². The molecule has 7 heteroatoms. The van der Waals surface area contributed by atoms with Crippen LogP contribution in [0.5, 0.6) is 5.75 Å². The quantitative estimate of drug-likeness (QED) is 0.731. The number of ether oxygens (including phenoxy) is 2. The number of nitrogens with one attached hydrogen (secondary N) is 1. The second kappa shape index (κ2) is 9.30. The molecule has 0 aliphatic carbocycles. The first-order chi connectivity index (χ1) is 13.1. The third-order valence-corrected chi connectivity index (χ3v) is 6.15. The molecule has 1 aromatic carbocycles. The zero-order chi connectivity index (χ0) is 19.2. The number of benzene rings is 1. The smallest absolute Gasteiger partial charge is 0.190 e. The van der Waals surface area contributed by atoms with Crippen molar-refractivity contribution in [3.63, 3.8) is 0 Å². The number of aromatic nitrogens is 1. The van der Waals surface area contributed by atoms with Crippen LogP contribution >= 0.6 is 11.3 Å². The van der Waals surface area contributed by atoms with E-state index in [4.69, 9.17) is 14.5 Å². The Kier molecular flexibility index (Phi) is 6.82. The lowest BCUT2D eigenvalue weighted by Gasteiger charge is -2.23. The van der Waals surface area contributed by atoms with E-state index in [9.17, 15) is 4.79 Å². The molecule has 2 heterocycles. The van der Waals surface area contributed by atoms with Gasteiger partial charge in [0.05, 0.1) is 37.4 Å². The van der Waals surface area contributed by atoms with Crippen molar-refractivity contribution in [3.8, 4) is 5.75 Å². The average molecular weight is 391 g/mol. The van der Waals surface area contributed by atoms with Crippen LogP contribution < -0.4 is 14.4 Å². The minimum Gasteiger partial charge on any atom is -0.497 e. The van der Waals surface area contributed by atoms with Gasteiger partial charge in [-0.25, -0.2) is 4.99 Å². The van der Waals surface area contributed by atoms with Gasteiger partial charge in [0.1, 0.15) is 18.8 Å². The third-order valence-electron chi connectivity index (χ3n) is 4.87. The van der Waals surface area contributed by atoms with E-state index in [-0.39, 0.29) is 5.78 Å². The number of carbonyl (C=O) groups excluding carboxylic acids is 1. The molecule has 0 radical (unpaired) electrons. The fraction of sp³-hybridized carbons (Fsp3) is 0.500. The maximum Gasteiger partial charge on any atom is 0.190 e. The highest BCUT2D eigenvalue weighted by molar-refractivity contribution is 7.11. The molecule has 1 aliphatic rings. The predicted molar refractivity (Wildman–Crippen MR) is 106 cm³/mol. The van der Waals surface area contributed by atoms with Crippen LogP contribution in [0.25, 0.3) is 0 Å². The molecule has 0 atom stereocenters. The Morgan fingerprint density at radius 1 is 1.37 bits per heavy atom. The number of rotatable bonds is 7. The fourth-order valence-electron chi connectivity index (χ4n) is 3.35. The Bertz CT molecular complexity index is 850. The largest absolute Gasteiger partial charge is 0.497 e. The molecule has 0 saturated carbocycles. The Hall–Kier alpha value is -1.96. The summed E-state index contributed by atoms with van der Waals surface area (Å²) in [6.07, 6.45) is 1.05. The number of carbonyl (C=O) groups is 1. The summed E-state index contributed by atoms with van der Waals surface area (Å²) in [5.74, 6) is 0.871. The molecule has 3 rings (SSSR count). The molecule has 27 heavy (non-hydrogen) atoms. The first kappa shape index (κ1) is 19.8. The summed E-state index contributed by atoms with van der Waals surface area (Å²) >= 11 is 1.47. The van der Waals surface area contributed by atoms with Crippen LogP contribution in [0.2, 0.25) is 0 Å². The lowest BCUT2D eigenvalue weighted by molar-refractivity contribution is -0.908. The van der Waals surface area contributed by atoms with E-state index in [0.717, 1.165) is 72.6 Å². The number of hydrogen-bond donors (Lipinski definition) is 1. The maximum atomic E-state index is 12.0. The van der Waals surface area contributed by atoms with Crippen molar-refractivity contribution in [3.05, 3.63) is 39.6 Å². The van der Waals surface area contributed by atoms with Crippen LogP contribution in [0.4, 0.5) is 5.69 Å². The van der Waals surface area contributed by atoms with E-state index < -0.39 is 0 Å². The minimum absolute atomic E-state index is 0.0946. The lowest BCUT2D eigenvalue weighted by Crippen LogP contribution is -3.14. The Balaban J connectivity index is 1.84. The van der Waals surface area contributed by atoms with Gasteiger partial charge >= 0.3 is 0 Å². The van der Waals surface area contributed by atoms with Crippen LogP contribution in [-0.4, -0.2) is 50.3 Å². The Labute approximate surface area is 164 Å². The molecule has 1 aromatic heterocycles. The van der Waals surface area contributed by atoms with Crippen molar-refractivity contribution in [2.45, 2.75) is 26.8 Å². The number of ketones is 1. The van der Waals surface area contributed by atoms with Crippen LogP contribution in [-0.2, 0) is 11.3 Å². The molecular weight excluding hydrogens is 362 g/mol. The van der Waals surface area contributed by atoms with Gasteiger partial charge in [0.15, 0.2) is 10.6 Å². The molecule has 1 fully saturated rings. The Morgan fingerprint density at radius 2 is 2.15 bits per heavy atom. The molecule has 2 aromatic rings. The van der Waals surface area contributed by atoms with Gasteiger partial charge in [0, 0.05) is 31.6 Å².